The number of carboxylic acid groups (broad SMARTS) is 1. The third kappa shape index (κ3) is 5.18. The first-order chi connectivity index (χ1) is 13.6. The van der Waals surface area contributed by atoms with Crippen LogP contribution >= 0.6 is 11.3 Å². The molecule has 1 aliphatic heterocycles. The predicted octanol–water partition coefficient (Wildman–Crippen LogP) is 1.82. The van der Waals surface area contributed by atoms with Gasteiger partial charge in [-0.15, -0.1) is 11.3 Å². The van der Waals surface area contributed by atoms with Gasteiger partial charge in [-0.3, -0.25) is 14.9 Å². The average molecular weight is 440 g/mol. The smallest absolute Gasteiger partial charge is 0.309 e. The molecule has 2 aromatic rings. The molecule has 1 fully saturated rings. The predicted molar refractivity (Wildman–Crippen MR) is 107 cm³/mol. The van der Waals surface area contributed by atoms with Crippen LogP contribution in [0.25, 0.3) is 0 Å². The summed E-state index contributed by atoms with van der Waals surface area (Å²) in [5.74, 6) is -1.46. The van der Waals surface area contributed by atoms with Crippen LogP contribution in [0.5, 0.6) is 0 Å². The SMILES string of the molecule is C[C@H]1CN(S(=O)(=O)c2ccc(C(=O)Nc3nc(CC(=O)O)cs3)cc2)C[C@H](C)O1. The van der Waals surface area contributed by atoms with E-state index in [0.717, 1.165) is 11.3 Å². The van der Waals surface area contributed by atoms with Gasteiger partial charge in [0.15, 0.2) is 5.13 Å². The van der Waals surface area contributed by atoms with Crippen LogP contribution in [0.15, 0.2) is 34.5 Å². The molecule has 0 saturated carbocycles. The highest BCUT2D eigenvalue weighted by Gasteiger charge is 2.32. The summed E-state index contributed by atoms with van der Waals surface area (Å²) in [7, 11) is -3.68. The maximum absolute atomic E-state index is 12.9. The number of benzene rings is 1. The largest absolute Gasteiger partial charge is 0.481 e. The van der Waals surface area contributed by atoms with Gasteiger partial charge in [0, 0.05) is 24.0 Å². The molecule has 1 aromatic heterocycles. The number of nitrogens with zero attached hydrogens (tertiary/aromatic N) is 2. The number of ether oxygens (including phenoxy) is 1. The summed E-state index contributed by atoms with van der Waals surface area (Å²) in [5.41, 5.74) is 0.621. The molecule has 11 heteroatoms. The van der Waals surface area contributed by atoms with E-state index >= 15 is 0 Å². The van der Waals surface area contributed by atoms with Crippen molar-refractivity contribution in [2.45, 2.75) is 37.4 Å². The van der Waals surface area contributed by atoms with Gasteiger partial charge in [-0.1, -0.05) is 0 Å². The number of aliphatic carboxylic acids is 1. The van der Waals surface area contributed by atoms with Crippen LogP contribution in [0.1, 0.15) is 29.9 Å². The first-order valence-corrected chi connectivity index (χ1v) is 11.2. The molecule has 0 spiro atoms. The number of carboxylic acids is 1. The first-order valence-electron chi connectivity index (χ1n) is 8.88. The Bertz CT molecular complexity index is 993. The molecule has 1 amide bonds. The molecule has 0 radical (unpaired) electrons. The highest BCUT2D eigenvalue weighted by Crippen LogP contribution is 2.22. The summed E-state index contributed by atoms with van der Waals surface area (Å²) >= 11 is 1.12. The zero-order valence-corrected chi connectivity index (χ0v) is 17.5. The standard InChI is InChI=1S/C18H21N3O6S2/c1-11-8-21(9-12(2)27-11)29(25,26)15-5-3-13(4-6-15)17(24)20-18-19-14(10-28-18)7-16(22)23/h3-6,10-12H,7-9H2,1-2H3,(H,22,23)(H,19,20,24)/t11-,12-/m0/s1. The van der Waals surface area contributed by atoms with Gasteiger partial charge in [-0.05, 0) is 38.1 Å². The Labute approximate surface area is 172 Å². The third-order valence-electron chi connectivity index (χ3n) is 4.24. The highest BCUT2D eigenvalue weighted by atomic mass is 32.2. The van der Waals surface area contributed by atoms with Gasteiger partial charge in [0.05, 0.1) is 29.2 Å². The molecule has 0 bridgehead atoms. The van der Waals surface area contributed by atoms with Crippen molar-refractivity contribution in [3.8, 4) is 0 Å². The molecule has 156 valence electrons. The van der Waals surface area contributed by atoms with Gasteiger partial charge in [-0.25, -0.2) is 13.4 Å². The number of rotatable bonds is 6. The fourth-order valence-corrected chi connectivity index (χ4v) is 5.32. The average Bonchev–Trinajstić information content (AvgIpc) is 3.07. The molecule has 9 nitrogen and oxygen atoms in total. The highest BCUT2D eigenvalue weighted by molar-refractivity contribution is 7.89. The number of thiazole rings is 1. The Morgan fingerprint density at radius 2 is 1.86 bits per heavy atom. The number of nitrogens with one attached hydrogen (secondary N) is 1. The molecule has 1 aliphatic rings. The van der Waals surface area contributed by atoms with Crippen molar-refractivity contribution >= 4 is 38.4 Å². The normalized spacial score (nSPS) is 20.3. The van der Waals surface area contributed by atoms with Gasteiger partial charge in [0.2, 0.25) is 10.0 Å². The van der Waals surface area contributed by atoms with Crippen LogP contribution in [0, 0.1) is 0 Å². The van der Waals surface area contributed by atoms with Gasteiger partial charge < -0.3 is 9.84 Å². The van der Waals surface area contributed by atoms with Crippen molar-refractivity contribution in [1.29, 1.82) is 0 Å². The second-order valence-corrected chi connectivity index (χ2v) is 9.57. The number of morpholine rings is 1. The fourth-order valence-electron chi connectivity index (χ4n) is 3.02. The lowest BCUT2D eigenvalue weighted by Gasteiger charge is -2.34. The summed E-state index contributed by atoms with van der Waals surface area (Å²) in [4.78, 5) is 27.2. The van der Waals surface area contributed by atoms with E-state index in [9.17, 15) is 18.0 Å². The first kappa shape index (κ1) is 21.4. The number of carbonyl (C=O) groups is 2. The number of sulfonamides is 1. The van der Waals surface area contributed by atoms with E-state index in [1.54, 1.807) is 5.38 Å². The minimum absolute atomic E-state index is 0.105. The number of hydrogen-bond acceptors (Lipinski definition) is 7. The van der Waals surface area contributed by atoms with E-state index in [-0.39, 0.29) is 47.3 Å². The summed E-state index contributed by atoms with van der Waals surface area (Å²) in [6.07, 6.45) is -0.608. The van der Waals surface area contributed by atoms with E-state index in [0.29, 0.717) is 5.69 Å². The van der Waals surface area contributed by atoms with Crippen molar-refractivity contribution in [3.05, 3.63) is 40.9 Å². The maximum Gasteiger partial charge on any atom is 0.309 e. The molecule has 2 atom stereocenters. The van der Waals surface area contributed by atoms with Crippen LogP contribution in [0.2, 0.25) is 0 Å². The molecule has 0 unspecified atom stereocenters. The molecular weight excluding hydrogens is 418 g/mol. The summed E-state index contributed by atoms with van der Waals surface area (Å²) in [6.45, 7) is 4.20. The summed E-state index contributed by atoms with van der Waals surface area (Å²) in [5, 5.41) is 13.2. The van der Waals surface area contributed by atoms with E-state index in [4.69, 9.17) is 9.84 Å². The van der Waals surface area contributed by atoms with Crippen molar-refractivity contribution in [2.24, 2.45) is 0 Å². The van der Waals surface area contributed by atoms with Crippen molar-refractivity contribution in [2.75, 3.05) is 18.4 Å². The lowest BCUT2D eigenvalue weighted by molar-refractivity contribution is -0.136. The summed E-state index contributed by atoms with van der Waals surface area (Å²) < 4.78 is 32.7. The second kappa shape index (κ2) is 8.57. The number of hydrogen-bond donors (Lipinski definition) is 2. The molecule has 0 aliphatic carbocycles. The van der Waals surface area contributed by atoms with Crippen molar-refractivity contribution in [3.63, 3.8) is 0 Å². The molecule has 2 N–H and O–H groups in total. The van der Waals surface area contributed by atoms with E-state index in [1.165, 1.54) is 28.6 Å². The fraction of sp³-hybridized carbons (Fsp3) is 0.389. The molecule has 2 heterocycles. The van der Waals surface area contributed by atoms with Crippen LogP contribution < -0.4 is 5.32 Å². The summed E-state index contributed by atoms with van der Waals surface area (Å²) in [6, 6.07) is 5.65. The maximum atomic E-state index is 12.9. The van der Waals surface area contributed by atoms with Crippen LogP contribution in [0.3, 0.4) is 0 Å². The Balaban J connectivity index is 1.70. The number of aromatic nitrogens is 1. The third-order valence-corrected chi connectivity index (χ3v) is 6.90. The molecule has 1 saturated heterocycles. The molecule has 29 heavy (non-hydrogen) atoms. The second-order valence-electron chi connectivity index (χ2n) is 6.77. The Hall–Kier alpha value is -2.34. The van der Waals surface area contributed by atoms with E-state index in [1.807, 2.05) is 13.8 Å². The van der Waals surface area contributed by atoms with Crippen molar-refractivity contribution in [1.82, 2.24) is 9.29 Å². The van der Waals surface area contributed by atoms with Crippen LogP contribution in [-0.4, -0.2) is 60.0 Å². The molecular formula is C18H21N3O6S2. The van der Waals surface area contributed by atoms with Crippen molar-refractivity contribution < 1.29 is 27.9 Å². The minimum atomic E-state index is -3.68. The number of anilines is 1. The number of amides is 1. The lowest BCUT2D eigenvalue weighted by Crippen LogP contribution is -2.48. The topological polar surface area (TPSA) is 126 Å². The zero-order chi connectivity index (χ0) is 21.2. The van der Waals surface area contributed by atoms with E-state index in [2.05, 4.69) is 10.3 Å². The number of carbonyl (C=O) groups excluding carboxylic acids is 1. The van der Waals surface area contributed by atoms with Crippen LogP contribution in [0.4, 0.5) is 5.13 Å². The van der Waals surface area contributed by atoms with E-state index < -0.39 is 21.9 Å². The molecule has 3 rings (SSSR count). The quantitative estimate of drug-likeness (QED) is 0.703. The monoisotopic (exact) mass is 439 g/mol. The van der Waals surface area contributed by atoms with Crippen LogP contribution in [-0.2, 0) is 26.0 Å². The minimum Gasteiger partial charge on any atom is -0.481 e. The zero-order valence-electron chi connectivity index (χ0n) is 15.9. The molecule has 1 aromatic carbocycles. The van der Waals surface area contributed by atoms with Gasteiger partial charge >= 0.3 is 5.97 Å². The lowest BCUT2D eigenvalue weighted by atomic mass is 10.2. The van der Waals surface area contributed by atoms with Gasteiger partial charge in [0.1, 0.15) is 0 Å². The Morgan fingerprint density at radius 3 is 2.45 bits per heavy atom. The van der Waals surface area contributed by atoms with Gasteiger partial charge in [0.25, 0.3) is 5.91 Å². The van der Waals surface area contributed by atoms with Gasteiger partial charge in [-0.2, -0.15) is 4.31 Å². The Morgan fingerprint density at radius 1 is 1.24 bits per heavy atom. The Kier molecular flexibility index (Phi) is 6.32.